The van der Waals surface area contributed by atoms with Crippen molar-refractivity contribution < 1.29 is 13.0 Å². The zero-order valence-electron chi connectivity index (χ0n) is 18.8. The molecule has 29 heavy (non-hydrogen) atoms. The second-order valence-electron chi connectivity index (χ2n) is 7.74. The second kappa shape index (κ2) is 12.3. The van der Waals surface area contributed by atoms with E-state index < -0.39 is 10.1 Å². The molecule has 2 atom stereocenters. The Morgan fingerprint density at radius 1 is 1.31 bits per heavy atom. The largest absolute Gasteiger partial charge is 0.303 e. The average molecular weight is 422 g/mol. The maximum Gasteiger partial charge on any atom is 0.290 e. The highest BCUT2D eigenvalue weighted by Gasteiger charge is 2.36. The molecule has 0 unspecified atom stereocenters. The van der Waals surface area contributed by atoms with Crippen LogP contribution in [-0.4, -0.2) is 37.5 Å². The highest BCUT2D eigenvalue weighted by atomic mass is 32.2. The number of fused-ring (bicyclic) bond motifs is 3. The van der Waals surface area contributed by atoms with E-state index in [0.29, 0.717) is 6.42 Å². The highest BCUT2D eigenvalue weighted by molar-refractivity contribution is 7.89. The molecule has 0 amide bonds. The molecule has 1 saturated heterocycles. The van der Waals surface area contributed by atoms with Gasteiger partial charge in [0.1, 0.15) is 0 Å². The van der Waals surface area contributed by atoms with E-state index in [1.165, 1.54) is 44.1 Å². The standard InChI is InChI=1S/C15H21N.C5H10O3S.C4H8/c1-3-16-7-6-12-9-13-8-11(2)4-5-14(13)15(12)10-16;1-3-5(4-2)9(6,7)8;1-3-4-2/h4-5,8,12,15H,3,6-7,9-10H2,1-2H3;3H,4H2,1-2H3,(H,6,7,8);3H,1,4H2,2H3/b;5-3+;/t12-,15-;;/m0../s1. The molecule has 5 heteroatoms. The van der Waals surface area contributed by atoms with Crippen LogP contribution in [0, 0.1) is 12.8 Å². The molecular formula is C24H39NO3S. The van der Waals surface area contributed by atoms with Crippen molar-refractivity contribution >= 4 is 10.1 Å². The number of benzene rings is 1. The van der Waals surface area contributed by atoms with E-state index in [-0.39, 0.29) is 4.91 Å². The molecule has 2 aliphatic rings. The van der Waals surface area contributed by atoms with Crippen LogP contribution in [0.1, 0.15) is 69.6 Å². The first-order valence-electron chi connectivity index (χ1n) is 10.8. The van der Waals surface area contributed by atoms with Crippen molar-refractivity contribution in [3.8, 4) is 0 Å². The summed E-state index contributed by atoms with van der Waals surface area (Å²) in [7, 11) is -3.90. The van der Waals surface area contributed by atoms with Gasteiger partial charge >= 0.3 is 0 Å². The Balaban J connectivity index is 0.000000276. The summed E-state index contributed by atoms with van der Waals surface area (Å²) in [5.74, 6) is 1.75. The van der Waals surface area contributed by atoms with Gasteiger partial charge in [-0.05, 0) is 69.7 Å². The van der Waals surface area contributed by atoms with Gasteiger partial charge in [-0.1, -0.05) is 56.7 Å². The summed E-state index contributed by atoms with van der Waals surface area (Å²) in [6, 6.07) is 7.07. The van der Waals surface area contributed by atoms with E-state index in [4.69, 9.17) is 4.55 Å². The van der Waals surface area contributed by atoms with Crippen molar-refractivity contribution in [2.45, 2.75) is 66.2 Å². The summed E-state index contributed by atoms with van der Waals surface area (Å²) < 4.78 is 28.9. The lowest BCUT2D eigenvalue weighted by Gasteiger charge is -2.34. The average Bonchev–Trinajstić information content (AvgIpc) is 3.05. The SMILES string of the molecule is C/C=C(\CC)S(=O)(=O)O.C=CCC.CCN1CC[C@H]2Cc3cc(C)ccc3[C@H]2C1. The van der Waals surface area contributed by atoms with E-state index in [1.54, 1.807) is 25.0 Å². The lowest BCUT2D eigenvalue weighted by molar-refractivity contribution is 0.175. The van der Waals surface area contributed by atoms with Gasteiger partial charge < -0.3 is 4.90 Å². The third kappa shape index (κ3) is 7.72. The Kier molecular flexibility index (Phi) is 10.9. The minimum Gasteiger partial charge on any atom is -0.303 e. The second-order valence-corrected chi connectivity index (χ2v) is 9.21. The summed E-state index contributed by atoms with van der Waals surface area (Å²) in [4.78, 5) is 2.68. The van der Waals surface area contributed by atoms with Gasteiger partial charge in [-0.2, -0.15) is 8.42 Å². The number of allylic oxidation sites excluding steroid dienone is 3. The highest BCUT2D eigenvalue weighted by Crippen LogP contribution is 2.42. The topological polar surface area (TPSA) is 57.6 Å². The molecular weight excluding hydrogens is 382 g/mol. The third-order valence-corrected chi connectivity index (χ3v) is 6.94. The van der Waals surface area contributed by atoms with Crippen LogP contribution in [0.2, 0.25) is 0 Å². The summed E-state index contributed by atoms with van der Waals surface area (Å²) in [6.07, 6.45) is 7.41. The molecule has 1 aromatic rings. The van der Waals surface area contributed by atoms with Crippen molar-refractivity contribution in [1.82, 2.24) is 4.90 Å². The normalized spacial score (nSPS) is 21.1. The predicted molar refractivity (Wildman–Crippen MR) is 124 cm³/mol. The van der Waals surface area contributed by atoms with Gasteiger partial charge in [-0.25, -0.2) is 0 Å². The summed E-state index contributed by atoms with van der Waals surface area (Å²) in [5, 5.41) is 0. The molecule has 0 aromatic heterocycles. The maximum absolute atomic E-state index is 10.3. The fraction of sp³-hybridized carbons (Fsp3) is 0.583. The number of likely N-dealkylation sites (tertiary alicyclic amines) is 1. The lowest BCUT2D eigenvalue weighted by Crippen LogP contribution is -2.37. The molecule has 1 fully saturated rings. The Bertz CT molecular complexity index is 783. The van der Waals surface area contributed by atoms with E-state index in [9.17, 15) is 8.42 Å². The molecule has 0 saturated carbocycles. The van der Waals surface area contributed by atoms with E-state index in [2.05, 4.69) is 50.4 Å². The Labute approximate surface area is 178 Å². The van der Waals surface area contributed by atoms with Crippen molar-refractivity contribution in [2.75, 3.05) is 19.6 Å². The van der Waals surface area contributed by atoms with E-state index in [0.717, 1.165) is 18.3 Å². The third-order valence-electron chi connectivity index (χ3n) is 5.76. The molecule has 3 rings (SSSR count). The number of likely N-dealkylation sites (N-methyl/N-ethyl adjacent to an activating group) is 1. The Hall–Kier alpha value is -1.43. The maximum atomic E-state index is 10.3. The number of hydrogen-bond donors (Lipinski definition) is 1. The van der Waals surface area contributed by atoms with Gasteiger partial charge in [-0.15, -0.1) is 6.58 Å². The molecule has 0 radical (unpaired) electrons. The van der Waals surface area contributed by atoms with Crippen LogP contribution in [0.3, 0.4) is 0 Å². The van der Waals surface area contributed by atoms with Gasteiger partial charge in [0.05, 0.1) is 4.91 Å². The van der Waals surface area contributed by atoms with Crippen LogP contribution < -0.4 is 0 Å². The predicted octanol–water partition coefficient (Wildman–Crippen LogP) is 5.75. The van der Waals surface area contributed by atoms with E-state index in [1.807, 2.05) is 6.08 Å². The fourth-order valence-corrected chi connectivity index (χ4v) is 4.71. The Morgan fingerprint density at radius 2 is 1.97 bits per heavy atom. The minimum absolute atomic E-state index is 0.0718. The van der Waals surface area contributed by atoms with Crippen LogP contribution in [-0.2, 0) is 16.5 Å². The van der Waals surface area contributed by atoms with Crippen LogP contribution in [0.25, 0.3) is 0 Å². The van der Waals surface area contributed by atoms with Gasteiger partial charge in [-0.3, -0.25) is 4.55 Å². The number of aryl methyl sites for hydroxylation is 1. The molecule has 0 bridgehead atoms. The lowest BCUT2D eigenvalue weighted by atomic mass is 9.86. The molecule has 1 aromatic carbocycles. The van der Waals surface area contributed by atoms with Crippen molar-refractivity contribution in [3.05, 3.63) is 58.5 Å². The molecule has 4 nitrogen and oxygen atoms in total. The molecule has 1 aliphatic heterocycles. The van der Waals surface area contributed by atoms with Crippen molar-refractivity contribution in [1.29, 1.82) is 0 Å². The first-order valence-corrected chi connectivity index (χ1v) is 12.2. The minimum atomic E-state index is -3.90. The fourth-order valence-electron chi connectivity index (χ4n) is 4.04. The van der Waals surface area contributed by atoms with Crippen LogP contribution in [0.4, 0.5) is 0 Å². The molecule has 1 N–H and O–H groups in total. The first-order chi connectivity index (χ1) is 13.7. The number of piperidine rings is 1. The monoisotopic (exact) mass is 421 g/mol. The summed E-state index contributed by atoms with van der Waals surface area (Å²) in [5.41, 5.74) is 4.70. The van der Waals surface area contributed by atoms with Crippen molar-refractivity contribution in [2.24, 2.45) is 5.92 Å². The number of nitrogens with zero attached hydrogens (tertiary/aromatic N) is 1. The number of hydrogen-bond acceptors (Lipinski definition) is 3. The quantitative estimate of drug-likeness (QED) is 0.497. The zero-order chi connectivity index (χ0) is 22.0. The van der Waals surface area contributed by atoms with Gasteiger partial charge in [0, 0.05) is 12.5 Å². The van der Waals surface area contributed by atoms with E-state index >= 15 is 0 Å². The number of rotatable bonds is 4. The van der Waals surface area contributed by atoms with Gasteiger partial charge in [0.15, 0.2) is 0 Å². The van der Waals surface area contributed by atoms with Crippen LogP contribution in [0.15, 0.2) is 41.8 Å². The first kappa shape index (κ1) is 25.6. The molecule has 164 valence electrons. The van der Waals surface area contributed by atoms with Crippen molar-refractivity contribution in [3.63, 3.8) is 0 Å². The van der Waals surface area contributed by atoms with Crippen LogP contribution >= 0.6 is 0 Å². The summed E-state index contributed by atoms with van der Waals surface area (Å²) >= 11 is 0. The van der Waals surface area contributed by atoms with Gasteiger partial charge in [0.2, 0.25) is 0 Å². The molecule has 1 heterocycles. The van der Waals surface area contributed by atoms with Crippen LogP contribution in [0.5, 0.6) is 0 Å². The summed E-state index contributed by atoms with van der Waals surface area (Å²) in [6.45, 7) is 17.1. The zero-order valence-corrected chi connectivity index (χ0v) is 19.6. The molecule has 0 spiro atoms. The smallest absolute Gasteiger partial charge is 0.290 e. The Morgan fingerprint density at radius 3 is 2.41 bits per heavy atom. The molecule has 1 aliphatic carbocycles. The van der Waals surface area contributed by atoms with Gasteiger partial charge in [0.25, 0.3) is 10.1 Å².